The first-order valence-electron chi connectivity index (χ1n) is 3.49. The van der Waals surface area contributed by atoms with Gasteiger partial charge < -0.3 is 10.5 Å². The van der Waals surface area contributed by atoms with Crippen molar-refractivity contribution in [3.8, 4) is 0 Å². The van der Waals surface area contributed by atoms with E-state index in [2.05, 4.69) is 4.74 Å². The number of carbonyl (C=O) groups excluding carboxylic acids is 1. The molecule has 0 amide bonds. The molecule has 0 fully saturated rings. The van der Waals surface area contributed by atoms with E-state index in [9.17, 15) is 4.79 Å². The van der Waals surface area contributed by atoms with Crippen LogP contribution in [0.25, 0.3) is 0 Å². The number of carbonyl (C=O) groups is 1. The van der Waals surface area contributed by atoms with E-state index in [0.717, 1.165) is 6.42 Å². The molecule has 2 N–H and O–H groups in total. The fourth-order valence-corrected chi connectivity index (χ4v) is 1.03. The minimum absolute atomic E-state index is 0.313. The predicted molar refractivity (Wildman–Crippen MR) is 41.6 cm³/mol. The second kappa shape index (κ2) is 3.23. The lowest BCUT2D eigenvalue weighted by atomic mass is 10.0. The van der Waals surface area contributed by atoms with Crippen LogP contribution in [0.5, 0.6) is 0 Å². The zero-order chi connectivity index (χ0) is 8.27. The van der Waals surface area contributed by atoms with Gasteiger partial charge in [-0.25, -0.2) is 4.79 Å². The monoisotopic (exact) mass is 153 g/mol. The molecule has 0 bridgehead atoms. The van der Waals surface area contributed by atoms with Gasteiger partial charge >= 0.3 is 5.97 Å². The summed E-state index contributed by atoms with van der Waals surface area (Å²) in [4.78, 5) is 11.0. The van der Waals surface area contributed by atoms with Crippen molar-refractivity contribution in [1.82, 2.24) is 0 Å². The highest BCUT2D eigenvalue weighted by Crippen LogP contribution is 2.16. The molecular formula is C8H11NO2. The summed E-state index contributed by atoms with van der Waals surface area (Å²) in [6.45, 7) is 0. The average Bonchev–Trinajstić information content (AvgIpc) is 2.04. The fraction of sp³-hybridized carbons (Fsp3) is 0.375. The number of nitrogens with two attached hydrogens (primary N) is 1. The standard InChI is InChI=1S/C8H11NO2/c1-11-8(10)6-4-2-3-5-7(6)9/h3,5H,2,4,9H2,1H3. The highest BCUT2D eigenvalue weighted by atomic mass is 16.5. The number of ether oxygens (including phenoxy) is 1. The van der Waals surface area contributed by atoms with Gasteiger partial charge in [-0.05, 0) is 18.9 Å². The Kier molecular flexibility index (Phi) is 2.31. The summed E-state index contributed by atoms with van der Waals surface area (Å²) in [5, 5.41) is 0. The third-order valence-electron chi connectivity index (χ3n) is 1.64. The van der Waals surface area contributed by atoms with Crippen molar-refractivity contribution in [3.63, 3.8) is 0 Å². The molecule has 3 nitrogen and oxygen atoms in total. The minimum atomic E-state index is -0.313. The maximum Gasteiger partial charge on any atom is 0.335 e. The van der Waals surface area contributed by atoms with Gasteiger partial charge in [0.15, 0.2) is 0 Å². The quantitative estimate of drug-likeness (QED) is 0.565. The Morgan fingerprint density at radius 2 is 2.45 bits per heavy atom. The Labute approximate surface area is 65.5 Å². The SMILES string of the molecule is COC(=O)C1=C(N)C=CCC1. The van der Waals surface area contributed by atoms with Crippen molar-refractivity contribution in [3.05, 3.63) is 23.4 Å². The van der Waals surface area contributed by atoms with Gasteiger partial charge in [0.2, 0.25) is 0 Å². The molecule has 0 saturated carbocycles. The molecule has 11 heavy (non-hydrogen) atoms. The second-order valence-electron chi connectivity index (χ2n) is 2.37. The zero-order valence-electron chi connectivity index (χ0n) is 6.46. The first-order valence-corrected chi connectivity index (χ1v) is 3.49. The van der Waals surface area contributed by atoms with Crippen LogP contribution in [0, 0.1) is 0 Å². The maximum atomic E-state index is 11.0. The van der Waals surface area contributed by atoms with E-state index in [0.29, 0.717) is 17.7 Å². The summed E-state index contributed by atoms with van der Waals surface area (Å²) in [5.41, 5.74) is 6.67. The van der Waals surface area contributed by atoms with Gasteiger partial charge in [-0.15, -0.1) is 0 Å². The first-order chi connectivity index (χ1) is 5.25. The molecule has 0 aromatic rings. The van der Waals surface area contributed by atoms with Crippen LogP contribution in [-0.4, -0.2) is 13.1 Å². The highest BCUT2D eigenvalue weighted by molar-refractivity contribution is 5.89. The van der Waals surface area contributed by atoms with Gasteiger partial charge in [-0.1, -0.05) is 6.08 Å². The zero-order valence-corrected chi connectivity index (χ0v) is 6.46. The molecule has 1 aliphatic rings. The van der Waals surface area contributed by atoms with Gasteiger partial charge in [-0.2, -0.15) is 0 Å². The van der Waals surface area contributed by atoms with Gasteiger partial charge in [0, 0.05) is 5.70 Å². The molecule has 0 aromatic carbocycles. The van der Waals surface area contributed by atoms with Crippen molar-refractivity contribution >= 4 is 5.97 Å². The Morgan fingerprint density at radius 1 is 1.73 bits per heavy atom. The number of hydrogen-bond donors (Lipinski definition) is 1. The van der Waals surface area contributed by atoms with Gasteiger partial charge in [0.1, 0.15) is 0 Å². The van der Waals surface area contributed by atoms with Crippen molar-refractivity contribution in [2.75, 3.05) is 7.11 Å². The topological polar surface area (TPSA) is 52.3 Å². The van der Waals surface area contributed by atoms with Crippen molar-refractivity contribution in [2.24, 2.45) is 5.73 Å². The first kappa shape index (κ1) is 7.85. The van der Waals surface area contributed by atoms with Gasteiger partial charge in [0.25, 0.3) is 0 Å². The van der Waals surface area contributed by atoms with Crippen LogP contribution in [0.3, 0.4) is 0 Å². The molecule has 1 rings (SSSR count). The summed E-state index contributed by atoms with van der Waals surface area (Å²) in [5.74, 6) is -0.313. The normalized spacial score (nSPS) is 16.8. The van der Waals surface area contributed by atoms with E-state index in [-0.39, 0.29) is 5.97 Å². The average molecular weight is 153 g/mol. The molecule has 0 aliphatic heterocycles. The lowest BCUT2D eigenvalue weighted by Crippen LogP contribution is -2.13. The van der Waals surface area contributed by atoms with E-state index in [1.54, 1.807) is 6.08 Å². The minimum Gasteiger partial charge on any atom is -0.466 e. The molecule has 0 atom stereocenters. The Hall–Kier alpha value is -1.25. The van der Waals surface area contributed by atoms with Crippen LogP contribution in [0.2, 0.25) is 0 Å². The van der Waals surface area contributed by atoms with E-state index in [1.165, 1.54) is 7.11 Å². The van der Waals surface area contributed by atoms with Crippen LogP contribution in [0.4, 0.5) is 0 Å². The summed E-state index contributed by atoms with van der Waals surface area (Å²) in [7, 11) is 1.36. The molecule has 0 heterocycles. The lowest BCUT2D eigenvalue weighted by molar-refractivity contribution is -0.136. The summed E-state index contributed by atoms with van der Waals surface area (Å²) >= 11 is 0. The van der Waals surface area contributed by atoms with Crippen LogP contribution in [0.15, 0.2) is 23.4 Å². The smallest absolute Gasteiger partial charge is 0.335 e. The van der Waals surface area contributed by atoms with Crippen molar-refractivity contribution in [2.45, 2.75) is 12.8 Å². The molecule has 3 heteroatoms. The van der Waals surface area contributed by atoms with E-state index in [4.69, 9.17) is 5.73 Å². The number of allylic oxidation sites excluding steroid dienone is 2. The molecule has 1 aliphatic carbocycles. The Bertz CT molecular complexity index is 228. The van der Waals surface area contributed by atoms with E-state index >= 15 is 0 Å². The highest BCUT2D eigenvalue weighted by Gasteiger charge is 2.13. The van der Waals surface area contributed by atoms with Gasteiger partial charge in [-0.3, -0.25) is 0 Å². The fourth-order valence-electron chi connectivity index (χ4n) is 1.03. The number of rotatable bonds is 1. The number of methoxy groups -OCH3 is 1. The van der Waals surface area contributed by atoms with Gasteiger partial charge in [0.05, 0.1) is 12.7 Å². The molecule has 0 radical (unpaired) electrons. The maximum absolute atomic E-state index is 11.0. The molecule has 0 aromatic heterocycles. The largest absolute Gasteiger partial charge is 0.466 e. The van der Waals surface area contributed by atoms with E-state index in [1.807, 2.05) is 6.08 Å². The Balaban J connectivity index is 2.83. The van der Waals surface area contributed by atoms with Crippen LogP contribution >= 0.6 is 0 Å². The molecule has 0 saturated heterocycles. The van der Waals surface area contributed by atoms with Crippen LogP contribution < -0.4 is 5.73 Å². The second-order valence-corrected chi connectivity index (χ2v) is 2.37. The Morgan fingerprint density at radius 3 is 3.00 bits per heavy atom. The van der Waals surface area contributed by atoms with Crippen LogP contribution in [0.1, 0.15) is 12.8 Å². The molecular weight excluding hydrogens is 142 g/mol. The third-order valence-corrected chi connectivity index (χ3v) is 1.64. The lowest BCUT2D eigenvalue weighted by Gasteiger charge is -2.09. The van der Waals surface area contributed by atoms with Crippen molar-refractivity contribution in [1.29, 1.82) is 0 Å². The number of hydrogen-bond acceptors (Lipinski definition) is 3. The molecule has 0 spiro atoms. The van der Waals surface area contributed by atoms with Crippen LogP contribution in [-0.2, 0) is 9.53 Å². The number of esters is 1. The summed E-state index contributed by atoms with van der Waals surface area (Å²) in [6.07, 6.45) is 5.25. The molecule has 60 valence electrons. The molecule has 0 unspecified atom stereocenters. The van der Waals surface area contributed by atoms with E-state index < -0.39 is 0 Å². The van der Waals surface area contributed by atoms with Crippen molar-refractivity contribution < 1.29 is 9.53 Å². The third kappa shape index (κ3) is 1.61. The summed E-state index contributed by atoms with van der Waals surface area (Å²) in [6, 6.07) is 0. The predicted octanol–water partition coefficient (Wildman–Crippen LogP) is 0.722. The summed E-state index contributed by atoms with van der Waals surface area (Å²) < 4.78 is 4.55.